The summed E-state index contributed by atoms with van der Waals surface area (Å²) in [6.07, 6.45) is 5.71. The highest BCUT2D eigenvalue weighted by Gasteiger charge is 2.22. The van der Waals surface area contributed by atoms with Gasteiger partial charge >= 0.3 is 5.97 Å². The van der Waals surface area contributed by atoms with Gasteiger partial charge in [-0.15, -0.1) is 0 Å². The van der Waals surface area contributed by atoms with E-state index in [0.717, 1.165) is 34.7 Å². The van der Waals surface area contributed by atoms with Crippen LogP contribution in [0.15, 0.2) is 85.2 Å². The monoisotopic (exact) mass is 546 g/mol. The first-order valence-corrected chi connectivity index (χ1v) is 12.2. The van der Waals surface area contributed by atoms with E-state index in [0.29, 0.717) is 5.69 Å². The number of halogens is 3. The Labute approximate surface area is 226 Å². The number of amides is 1. The highest BCUT2D eigenvalue weighted by atomic mass is 35.5. The van der Waals surface area contributed by atoms with Gasteiger partial charge in [0, 0.05) is 46.4 Å². The van der Waals surface area contributed by atoms with Gasteiger partial charge in [0.05, 0.1) is 11.3 Å². The minimum Gasteiger partial charge on any atom is -0.480 e. The molecule has 10 heteroatoms. The molecule has 2 aromatic heterocycles. The summed E-state index contributed by atoms with van der Waals surface area (Å²) in [5.41, 5.74) is 2.00. The van der Waals surface area contributed by atoms with Crippen LogP contribution in [0.3, 0.4) is 0 Å². The summed E-state index contributed by atoms with van der Waals surface area (Å²) >= 11 is 5.79. The summed E-state index contributed by atoms with van der Waals surface area (Å²) in [7, 11) is 0. The van der Waals surface area contributed by atoms with E-state index < -0.39 is 35.1 Å². The van der Waals surface area contributed by atoms with Crippen molar-refractivity contribution in [2.75, 3.05) is 0 Å². The van der Waals surface area contributed by atoms with Gasteiger partial charge in [0.2, 0.25) is 5.91 Å². The van der Waals surface area contributed by atoms with Crippen LogP contribution in [0.4, 0.5) is 8.78 Å². The maximum absolute atomic E-state index is 14.8. The number of carboxylic acids is 1. The van der Waals surface area contributed by atoms with E-state index in [9.17, 15) is 23.5 Å². The largest absolute Gasteiger partial charge is 0.480 e. The molecule has 3 N–H and O–H groups in total. The van der Waals surface area contributed by atoms with Crippen LogP contribution >= 0.6 is 11.6 Å². The van der Waals surface area contributed by atoms with E-state index in [1.807, 2.05) is 30.3 Å². The lowest BCUT2D eigenvalue weighted by molar-refractivity contribution is -0.141. The van der Waals surface area contributed by atoms with Gasteiger partial charge in [-0.25, -0.2) is 18.3 Å². The molecular weight excluding hydrogens is 526 g/mol. The van der Waals surface area contributed by atoms with Gasteiger partial charge in [-0.2, -0.15) is 5.10 Å². The molecule has 1 amide bonds. The Morgan fingerprint density at radius 1 is 1.08 bits per heavy atom. The minimum atomic E-state index is -1.21. The second-order valence-electron chi connectivity index (χ2n) is 8.75. The van der Waals surface area contributed by atoms with E-state index in [1.54, 1.807) is 30.5 Å². The third-order valence-electron chi connectivity index (χ3n) is 6.13. The molecule has 0 saturated heterocycles. The van der Waals surface area contributed by atoms with Crippen LogP contribution < -0.4 is 5.32 Å². The van der Waals surface area contributed by atoms with Crippen molar-refractivity contribution < 1.29 is 23.5 Å². The first kappa shape index (κ1) is 25.9. The molecular formula is C29H21ClF2N4O3. The SMILES string of the molecule is O=C(/C=C/c1cn(-c2ccccc2)nc1-c1c(F)cc(Cl)cc1F)N[C@@H](Cc1c[nH]c2ccccc12)C(=O)O. The standard InChI is InChI=1S/C29H21ClF2N4O3/c30-19-13-22(31)27(23(32)14-19)28-17(16-36(35-28)20-6-2-1-3-7-20)10-11-26(37)34-25(29(38)39)12-18-15-33-24-9-5-4-8-21(18)24/h1-11,13-16,25,33H,12H2,(H,34,37)(H,38,39)/b11-10+/t25-/m0/s1. The molecule has 0 radical (unpaired) electrons. The Morgan fingerprint density at radius 2 is 1.77 bits per heavy atom. The number of rotatable bonds is 8. The Bertz CT molecular complexity index is 1690. The maximum Gasteiger partial charge on any atom is 0.326 e. The zero-order valence-electron chi connectivity index (χ0n) is 20.2. The molecule has 5 aromatic rings. The van der Waals surface area contributed by atoms with E-state index in [-0.39, 0.29) is 22.7 Å². The van der Waals surface area contributed by atoms with E-state index in [4.69, 9.17) is 11.6 Å². The first-order chi connectivity index (χ1) is 18.8. The van der Waals surface area contributed by atoms with Crippen molar-refractivity contribution in [2.45, 2.75) is 12.5 Å². The summed E-state index contributed by atoms with van der Waals surface area (Å²) in [5, 5.41) is 17.3. The number of nitrogens with zero attached hydrogens (tertiary/aromatic N) is 2. The van der Waals surface area contributed by atoms with Gasteiger partial charge in [0.15, 0.2) is 0 Å². The highest BCUT2D eigenvalue weighted by molar-refractivity contribution is 6.30. The molecule has 7 nitrogen and oxygen atoms in total. The first-order valence-electron chi connectivity index (χ1n) is 11.9. The predicted octanol–water partition coefficient (Wildman–Crippen LogP) is 5.78. The van der Waals surface area contributed by atoms with Gasteiger partial charge in [0.25, 0.3) is 0 Å². The molecule has 0 saturated carbocycles. The van der Waals surface area contributed by atoms with E-state index >= 15 is 0 Å². The van der Waals surface area contributed by atoms with Crippen LogP contribution in [0, 0.1) is 11.6 Å². The van der Waals surface area contributed by atoms with Crippen molar-refractivity contribution in [2.24, 2.45) is 0 Å². The van der Waals surface area contributed by atoms with Gasteiger partial charge in [-0.1, -0.05) is 48.0 Å². The van der Waals surface area contributed by atoms with Crippen molar-refractivity contribution in [3.8, 4) is 16.9 Å². The van der Waals surface area contributed by atoms with E-state index in [2.05, 4.69) is 15.4 Å². The fourth-order valence-electron chi connectivity index (χ4n) is 4.29. The Balaban J connectivity index is 1.43. The summed E-state index contributed by atoms with van der Waals surface area (Å²) in [5.74, 6) is -3.73. The van der Waals surface area contributed by atoms with Gasteiger partial charge in [-0.3, -0.25) is 4.79 Å². The number of benzene rings is 3. The summed E-state index contributed by atoms with van der Waals surface area (Å²) in [6.45, 7) is 0. The van der Waals surface area contributed by atoms with Gasteiger partial charge < -0.3 is 15.4 Å². The molecule has 5 rings (SSSR count). The van der Waals surface area contributed by atoms with Crippen molar-refractivity contribution in [3.05, 3.63) is 113 Å². The summed E-state index contributed by atoms with van der Waals surface area (Å²) in [6, 6.07) is 17.1. The number of aromatic nitrogens is 3. The highest BCUT2D eigenvalue weighted by Crippen LogP contribution is 2.31. The number of hydrogen-bond acceptors (Lipinski definition) is 3. The molecule has 0 aliphatic heterocycles. The summed E-state index contributed by atoms with van der Waals surface area (Å²) in [4.78, 5) is 27.8. The topological polar surface area (TPSA) is 100 Å². The maximum atomic E-state index is 14.8. The van der Waals surface area contributed by atoms with Crippen LogP contribution in [0.1, 0.15) is 11.1 Å². The quantitative estimate of drug-likeness (QED) is 0.215. The van der Waals surface area contributed by atoms with Gasteiger partial charge in [0.1, 0.15) is 23.4 Å². The van der Waals surface area contributed by atoms with Crippen molar-refractivity contribution in [1.82, 2.24) is 20.1 Å². The average Bonchev–Trinajstić information content (AvgIpc) is 3.51. The Kier molecular flexibility index (Phi) is 7.25. The minimum absolute atomic E-state index is 0.0526. The van der Waals surface area contributed by atoms with Crippen LogP contribution in [-0.4, -0.2) is 37.8 Å². The normalized spacial score (nSPS) is 12.2. The summed E-state index contributed by atoms with van der Waals surface area (Å²) < 4.78 is 31.0. The smallest absolute Gasteiger partial charge is 0.326 e. The third kappa shape index (κ3) is 5.58. The molecule has 0 bridgehead atoms. The number of para-hydroxylation sites is 2. The molecule has 0 aliphatic rings. The Hall–Kier alpha value is -4.76. The number of hydrogen-bond donors (Lipinski definition) is 3. The number of carbonyl (C=O) groups is 2. The fraction of sp³-hybridized carbons (Fsp3) is 0.0690. The van der Waals surface area contributed by atoms with Crippen molar-refractivity contribution >= 4 is 40.5 Å². The van der Waals surface area contributed by atoms with Gasteiger partial charge in [-0.05, 0) is 42.0 Å². The predicted molar refractivity (Wildman–Crippen MR) is 145 cm³/mol. The molecule has 3 aromatic carbocycles. The Morgan fingerprint density at radius 3 is 2.49 bits per heavy atom. The zero-order valence-corrected chi connectivity index (χ0v) is 21.0. The lowest BCUT2D eigenvalue weighted by atomic mass is 10.0. The lowest BCUT2D eigenvalue weighted by Gasteiger charge is -2.13. The number of H-pyrrole nitrogens is 1. The zero-order chi connectivity index (χ0) is 27.5. The molecule has 0 spiro atoms. The number of fused-ring (bicyclic) bond motifs is 1. The number of nitrogens with one attached hydrogen (secondary N) is 2. The second kappa shape index (κ2) is 10.9. The van der Waals surface area contributed by atoms with Crippen molar-refractivity contribution in [3.63, 3.8) is 0 Å². The number of aliphatic carboxylic acids is 1. The van der Waals surface area contributed by atoms with Crippen LogP contribution in [0.25, 0.3) is 33.9 Å². The number of carboxylic acid groups (broad SMARTS) is 1. The molecule has 1 atom stereocenters. The molecule has 2 heterocycles. The third-order valence-corrected chi connectivity index (χ3v) is 6.35. The van der Waals surface area contributed by atoms with Crippen molar-refractivity contribution in [1.29, 1.82) is 0 Å². The molecule has 39 heavy (non-hydrogen) atoms. The molecule has 0 aliphatic carbocycles. The molecule has 0 unspecified atom stereocenters. The second-order valence-corrected chi connectivity index (χ2v) is 9.19. The number of carbonyl (C=O) groups excluding carboxylic acids is 1. The average molecular weight is 547 g/mol. The number of aromatic amines is 1. The van der Waals surface area contributed by atoms with Crippen LogP contribution in [0.5, 0.6) is 0 Å². The molecule has 196 valence electrons. The molecule has 0 fully saturated rings. The van der Waals surface area contributed by atoms with E-state index in [1.165, 1.54) is 17.0 Å². The lowest BCUT2D eigenvalue weighted by Crippen LogP contribution is -2.41. The fourth-order valence-corrected chi connectivity index (χ4v) is 4.48. The van der Waals surface area contributed by atoms with Crippen LogP contribution in [0.2, 0.25) is 5.02 Å². The van der Waals surface area contributed by atoms with Crippen LogP contribution in [-0.2, 0) is 16.0 Å².